The molecule has 3 N–H and O–H groups in total. The molecule has 1 saturated heterocycles. The van der Waals surface area contributed by atoms with E-state index in [9.17, 15) is 4.79 Å². The minimum atomic E-state index is 0. The van der Waals surface area contributed by atoms with Crippen molar-refractivity contribution in [3.05, 3.63) is 34.9 Å². The van der Waals surface area contributed by atoms with E-state index in [0.717, 1.165) is 43.5 Å². The van der Waals surface area contributed by atoms with E-state index in [1.807, 2.05) is 19.2 Å². The number of carbonyl (C=O) groups is 1. The first-order valence-electron chi connectivity index (χ1n) is 9.71. The van der Waals surface area contributed by atoms with Gasteiger partial charge in [0.1, 0.15) is 0 Å². The Morgan fingerprint density at radius 2 is 2.04 bits per heavy atom. The first kappa shape index (κ1) is 23.2. The maximum Gasteiger partial charge on any atom is 0.233 e. The first-order chi connectivity index (χ1) is 13.0. The molecule has 8 heteroatoms. The summed E-state index contributed by atoms with van der Waals surface area (Å²) in [7, 11) is 3.50. The maximum absolute atomic E-state index is 11.5. The molecule has 6 nitrogen and oxygen atoms in total. The highest BCUT2D eigenvalue weighted by Crippen LogP contribution is 2.48. The standard InChI is InChI=1S/C20H30ClN5O.HI/c1-22-18(27)13-26-10-6-17(7-11-26)25-19(23-2)24-14-20(8-9-20)15-4-3-5-16(21)12-15;/h3-5,12,17H,6-11,13-14H2,1-2H3,(H,22,27)(H2,23,24,25);1H. The molecule has 1 aliphatic heterocycles. The zero-order chi connectivity index (χ0) is 19.3. The van der Waals surface area contributed by atoms with Gasteiger partial charge in [-0.05, 0) is 43.4 Å². The minimum Gasteiger partial charge on any atom is -0.358 e. The van der Waals surface area contributed by atoms with Crippen LogP contribution in [0.4, 0.5) is 0 Å². The third-order valence-corrected chi connectivity index (χ3v) is 5.92. The second kappa shape index (κ2) is 10.6. The van der Waals surface area contributed by atoms with Crippen LogP contribution in [0.15, 0.2) is 29.3 Å². The number of halogens is 2. The second-order valence-electron chi connectivity index (χ2n) is 7.58. The molecule has 1 heterocycles. The van der Waals surface area contributed by atoms with Crippen molar-refractivity contribution in [3.8, 4) is 0 Å². The highest BCUT2D eigenvalue weighted by atomic mass is 127. The molecule has 0 spiro atoms. The van der Waals surface area contributed by atoms with Gasteiger partial charge in [-0.2, -0.15) is 0 Å². The Morgan fingerprint density at radius 3 is 2.61 bits per heavy atom. The van der Waals surface area contributed by atoms with Gasteiger partial charge in [0, 0.05) is 50.2 Å². The van der Waals surface area contributed by atoms with E-state index in [0.29, 0.717) is 12.6 Å². The van der Waals surface area contributed by atoms with Gasteiger partial charge in [0.15, 0.2) is 5.96 Å². The summed E-state index contributed by atoms with van der Waals surface area (Å²) >= 11 is 6.16. The highest BCUT2D eigenvalue weighted by Gasteiger charge is 2.44. The molecular formula is C20H31ClIN5O. The molecule has 2 aliphatic rings. The van der Waals surface area contributed by atoms with Crippen molar-refractivity contribution >= 4 is 47.4 Å². The molecule has 0 atom stereocenters. The summed E-state index contributed by atoms with van der Waals surface area (Å²) in [6, 6.07) is 8.58. The molecule has 1 aromatic rings. The first-order valence-corrected chi connectivity index (χ1v) is 10.1. The predicted octanol–water partition coefficient (Wildman–Crippen LogP) is 2.37. The number of nitrogens with zero attached hydrogens (tertiary/aromatic N) is 2. The van der Waals surface area contributed by atoms with Gasteiger partial charge in [-0.3, -0.25) is 14.7 Å². The van der Waals surface area contributed by atoms with E-state index in [1.165, 1.54) is 18.4 Å². The molecule has 0 aromatic heterocycles. The lowest BCUT2D eigenvalue weighted by Crippen LogP contribution is -2.50. The van der Waals surface area contributed by atoms with E-state index in [1.54, 1.807) is 7.05 Å². The van der Waals surface area contributed by atoms with Gasteiger partial charge in [-0.15, -0.1) is 24.0 Å². The van der Waals surface area contributed by atoms with Crippen LogP contribution in [0.5, 0.6) is 0 Å². The molecule has 156 valence electrons. The average Bonchev–Trinajstić information content (AvgIpc) is 3.47. The van der Waals surface area contributed by atoms with Crippen molar-refractivity contribution in [1.29, 1.82) is 0 Å². The van der Waals surface area contributed by atoms with E-state index in [-0.39, 0.29) is 35.3 Å². The number of nitrogens with one attached hydrogen (secondary N) is 3. The largest absolute Gasteiger partial charge is 0.358 e. The number of aliphatic imine (C=N–C) groups is 1. The summed E-state index contributed by atoms with van der Waals surface area (Å²) in [5, 5.41) is 10.5. The number of guanidine groups is 1. The molecule has 3 rings (SSSR count). The molecule has 1 saturated carbocycles. The Labute approximate surface area is 189 Å². The minimum absolute atomic E-state index is 0. The monoisotopic (exact) mass is 519 g/mol. The van der Waals surface area contributed by atoms with Crippen molar-refractivity contribution in [3.63, 3.8) is 0 Å². The molecular weight excluding hydrogens is 489 g/mol. The molecule has 0 bridgehead atoms. The molecule has 1 aliphatic carbocycles. The van der Waals surface area contributed by atoms with Crippen molar-refractivity contribution in [1.82, 2.24) is 20.9 Å². The van der Waals surface area contributed by atoms with Crippen LogP contribution >= 0.6 is 35.6 Å². The number of amides is 1. The van der Waals surface area contributed by atoms with Gasteiger partial charge in [-0.1, -0.05) is 23.7 Å². The maximum atomic E-state index is 11.5. The summed E-state index contributed by atoms with van der Waals surface area (Å²) in [6.07, 6.45) is 4.37. The quantitative estimate of drug-likeness (QED) is 0.307. The number of hydrogen-bond acceptors (Lipinski definition) is 3. The van der Waals surface area contributed by atoms with Crippen molar-refractivity contribution in [2.45, 2.75) is 37.1 Å². The average molecular weight is 520 g/mol. The second-order valence-corrected chi connectivity index (χ2v) is 8.02. The van der Waals surface area contributed by atoms with Gasteiger partial charge in [0.2, 0.25) is 5.91 Å². The fraction of sp³-hybridized carbons (Fsp3) is 0.600. The summed E-state index contributed by atoms with van der Waals surface area (Å²) in [4.78, 5) is 18.1. The highest BCUT2D eigenvalue weighted by molar-refractivity contribution is 14.0. The predicted molar refractivity (Wildman–Crippen MR) is 126 cm³/mol. The smallest absolute Gasteiger partial charge is 0.233 e. The summed E-state index contributed by atoms with van der Waals surface area (Å²) in [5.74, 6) is 0.933. The number of rotatable bonds is 6. The number of likely N-dealkylation sites (N-methyl/N-ethyl adjacent to an activating group) is 1. The van der Waals surface area contributed by atoms with E-state index < -0.39 is 0 Å². The Bertz CT molecular complexity index is 687. The summed E-state index contributed by atoms with van der Waals surface area (Å²) in [6.45, 7) is 3.20. The van der Waals surface area contributed by atoms with Crippen molar-refractivity contribution in [2.24, 2.45) is 4.99 Å². The van der Waals surface area contributed by atoms with Gasteiger partial charge in [0.25, 0.3) is 0 Å². The number of carbonyl (C=O) groups excluding carboxylic acids is 1. The van der Waals surface area contributed by atoms with Gasteiger partial charge in [-0.25, -0.2) is 0 Å². The van der Waals surface area contributed by atoms with E-state index in [4.69, 9.17) is 11.6 Å². The lowest BCUT2D eigenvalue weighted by atomic mass is 9.96. The van der Waals surface area contributed by atoms with Crippen molar-refractivity contribution in [2.75, 3.05) is 40.3 Å². The van der Waals surface area contributed by atoms with E-state index >= 15 is 0 Å². The van der Waals surface area contributed by atoms with Crippen LogP contribution in [0.1, 0.15) is 31.2 Å². The zero-order valence-corrected chi connectivity index (χ0v) is 19.7. The summed E-state index contributed by atoms with van der Waals surface area (Å²) < 4.78 is 0. The Kier molecular flexibility index (Phi) is 8.82. The van der Waals surface area contributed by atoms with Crippen LogP contribution in [-0.2, 0) is 10.2 Å². The normalized spacial score (nSPS) is 19.5. The van der Waals surface area contributed by atoms with Gasteiger partial charge in [0.05, 0.1) is 6.54 Å². The van der Waals surface area contributed by atoms with Crippen LogP contribution in [0.3, 0.4) is 0 Å². The van der Waals surface area contributed by atoms with Gasteiger partial charge < -0.3 is 16.0 Å². The van der Waals surface area contributed by atoms with Crippen LogP contribution in [0.2, 0.25) is 5.02 Å². The van der Waals surface area contributed by atoms with Crippen LogP contribution < -0.4 is 16.0 Å². The third kappa shape index (κ3) is 6.22. The molecule has 1 aromatic carbocycles. The molecule has 1 amide bonds. The van der Waals surface area contributed by atoms with Crippen LogP contribution in [0.25, 0.3) is 0 Å². The lowest BCUT2D eigenvalue weighted by molar-refractivity contribution is -0.122. The SMILES string of the molecule is CN=C(NCC1(c2cccc(Cl)c2)CC1)NC1CCN(CC(=O)NC)CC1.I. The molecule has 2 fully saturated rings. The zero-order valence-electron chi connectivity index (χ0n) is 16.6. The topological polar surface area (TPSA) is 68.8 Å². The fourth-order valence-corrected chi connectivity index (χ4v) is 3.89. The molecule has 0 radical (unpaired) electrons. The Hall–Kier alpha value is -1.06. The van der Waals surface area contributed by atoms with Crippen LogP contribution in [0, 0.1) is 0 Å². The van der Waals surface area contributed by atoms with Crippen LogP contribution in [-0.4, -0.2) is 63.1 Å². The van der Waals surface area contributed by atoms with E-state index in [2.05, 4.69) is 38.0 Å². The number of piperidine rings is 1. The fourth-order valence-electron chi connectivity index (χ4n) is 3.70. The number of hydrogen-bond donors (Lipinski definition) is 3. The third-order valence-electron chi connectivity index (χ3n) is 5.68. The summed E-state index contributed by atoms with van der Waals surface area (Å²) in [5.41, 5.74) is 1.49. The Morgan fingerprint density at radius 1 is 1.32 bits per heavy atom. The van der Waals surface area contributed by atoms with Gasteiger partial charge >= 0.3 is 0 Å². The number of benzene rings is 1. The molecule has 0 unspecified atom stereocenters. The Balaban J connectivity index is 0.00000280. The molecule has 28 heavy (non-hydrogen) atoms. The number of likely N-dealkylation sites (tertiary alicyclic amines) is 1. The lowest BCUT2D eigenvalue weighted by Gasteiger charge is -2.32. The van der Waals surface area contributed by atoms with Crippen molar-refractivity contribution < 1.29 is 4.79 Å².